The van der Waals surface area contributed by atoms with Gasteiger partial charge in [-0.25, -0.2) is 4.79 Å². The largest absolute Gasteiger partial charge is 0.465 e. The summed E-state index contributed by atoms with van der Waals surface area (Å²) in [5.74, 6) is 0.545. The van der Waals surface area contributed by atoms with Crippen molar-refractivity contribution in [3.8, 4) is 0 Å². The van der Waals surface area contributed by atoms with E-state index in [1.54, 1.807) is 0 Å². The number of nitrogens with one attached hydrogen (secondary N) is 1. The van der Waals surface area contributed by atoms with E-state index in [2.05, 4.69) is 26.1 Å². The van der Waals surface area contributed by atoms with Gasteiger partial charge in [0.05, 0.1) is 12.7 Å². The highest BCUT2D eigenvalue weighted by Gasteiger charge is 2.59. The molecule has 0 saturated heterocycles. The predicted octanol–water partition coefficient (Wildman–Crippen LogP) is 4.10. The van der Waals surface area contributed by atoms with Gasteiger partial charge in [0.15, 0.2) is 0 Å². The molecular weight excluding hydrogens is 262 g/mol. The van der Waals surface area contributed by atoms with Crippen LogP contribution in [0, 0.1) is 16.7 Å². The highest BCUT2D eigenvalue weighted by atomic mass is 16.5. The highest BCUT2D eigenvalue weighted by Crippen LogP contribution is 2.63. The van der Waals surface area contributed by atoms with Crippen LogP contribution in [0.1, 0.15) is 50.4 Å². The number of benzene rings is 1. The molecule has 1 N–H and O–H groups in total. The van der Waals surface area contributed by atoms with Crippen molar-refractivity contribution in [1.82, 2.24) is 0 Å². The summed E-state index contributed by atoms with van der Waals surface area (Å²) in [6.07, 6.45) is 4.01. The Morgan fingerprint density at radius 1 is 1.24 bits per heavy atom. The van der Waals surface area contributed by atoms with Crippen molar-refractivity contribution in [3.63, 3.8) is 0 Å². The topological polar surface area (TPSA) is 38.3 Å². The normalized spacial score (nSPS) is 33.0. The van der Waals surface area contributed by atoms with Gasteiger partial charge in [0.1, 0.15) is 0 Å². The van der Waals surface area contributed by atoms with Crippen LogP contribution in [0.4, 0.5) is 5.69 Å². The van der Waals surface area contributed by atoms with E-state index in [-0.39, 0.29) is 5.97 Å². The van der Waals surface area contributed by atoms with Gasteiger partial charge in [-0.2, -0.15) is 0 Å². The van der Waals surface area contributed by atoms with E-state index in [1.807, 2.05) is 24.3 Å². The van der Waals surface area contributed by atoms with Crippen molar-refractivity contribution in [1.29, 1.82) is 0 Å². The maximum Gasteiger partial charge on any atom is 0.337 e. The van der Waals surface area contributed by atoms with E-state index >= 15 is 0 Å². The van der Waals surface area contributed by atoms with Gasteiger partial charge >= 0.3 is 5.97 Å². The monoisotopic (exact) mass is 287 g/mol. The van der Waals surface area contributed by atoms with E-state index in [1.165, 1.54) is 26.4 Å². The van der Waals surface area contributed by atoms with Gasteiger partial charge in [-0.1, -0.05) is 20.8 Å². The summed E-state index contributed by atoms with van der Waals surface area (Å²) in [6, 6.07) is 8.12. The van der Waals surface area contributed by atoms with Crippen LogP contribution in [0.5, 0.6) is 0 Å². The molecule has 3 unspecified atom stereocenters. The summed E-state index contributed by atoms with van der Waals surface area (Å²) in [4.78, 5) is 11.5. The first-order valence-corrected chi connectivity index (χ1v) is 7.82. The predicted molar refractivity (Wildman–Crippen MR) is 84.4 cm³/mol. The molecule has 0 spiro atoms. The molecule has 3 rings (SSSR count). The summed E-state index contributed by atoms with van der Waals surface area (Å²) >= 11 is 0. The number of hydrogen-bond acceptors (Lipinski definition) is 3. The number of methoxy groups -OCH3 is 1. The highest BCUT2D eigenvalue weighted by molar-refractivity contribution is 5.89. The third-order valence-corrected chi connectivity index (χ3v) is 5.89. The Morgan fingerprint density at radius 2 is 1.90 bits per heavy atom. The quantitative estimate of drug-likeness (QED) is 0.851. The van der Waals surface area contributed by atoms with Gasteiger partial charge in [0.25, 0.3) is 0 Å². The molecule has 0 aliphatic heterocycles. The maximum atomic E-state index is 11.5. The Kier molecular flexibility index (Phi) is 3.27. The lowest BCUT2D eigenvalue weighted by molar-refractivity contribution is 0.0600. The zero-order valence-corrected chi connectivity index (χ0v) is 13.4. The zero-order chi connectivity index (χ0) is 15.3. The summed E-state index contributed by atoms with van der Waals surface area (Å²) < 4.78 is 4.74. The molecule has 1 aromatic carbocycles. The Balaban J connectivity index is 1.79. The average molecular weight is 287 g/mol. The van der Waals surface area contributed by atoms with Crippen molar-refractivity contribution < 1.29 is 9.53 Å². The minimum Gasteiger partial charge on any atom is -0.465 e. The van der Waals surface area contributed by atoms with Crippen molar-refractivity contribution >= 4 is 11.7 Å². The molecule has 3 atom stereocenters. The van der Waals surface area contributed by atoms with E-state index in [4.69, 9.17) is 4.74 Å². The van der Waals surface area contributed by atoms with Crippen LogP contribution in [-0.2, 0) is 4.74 Å². The summed E-state index contributed by atoms with van der Waals surface area (Å²) in [6.45, 7) is 7.20. The van der Waals surface area contributed by atoms with Crippen LogP contribution >= 0.6 is 0 Å². The summed E-state index contributed by atoms with van der Waals surface area (Å²) in [5.41, 5.74) is 2.42. The fraction of sp³-hybridized carbons (Fsp3) is 0.611. The molecular formula is C18H25NO2. The van der Waals surface area contributed by atoms with Gasteiger partial charge in [-0.05, 0) is 60.3 Å². The SMILES string of the molecule is COC(=O)c1ccc(NC2C3(C)CCC(C3)C2(C)C)cc1. The van der Waals surface area contributed by atoms with E-state index in [9.17, 15) is 4.79 Å². The molecule has 1 aromatic rings. The number of hydrogen-bond donors (Lipinski definition) is 1. The molecule has 2 saturated carbocycles. The number of carbonyl (C=O) groups excluding carboxylic acids is 1. The molecule has 0 radical (unpaired) electrons. The van der Waals surface area contributed by atoms with Gasteiger partial charge in [0, 0.05) is 11.7 Å². The smallest absolute Gasteiger partial charge is 0.337 e. The molecule has 2 aliphatic carbocycles. The van der Waals surface area contributed by atoms with Gasteiger partial charge in [-0.3, -0.25) is 0 Å². The third kappa shape index (κ3) is 2.23. The minimum atomic E-state index is -0.284. The lowest BCUT2D eigenvalue weighted by Gasteiger charge is -2.43. The van der Waals surface area contributed by atoms with Crippen LogP contribution in [-0.4, -0.2) is 19.1 Å². The number of anilines is 1. The second-order valence-electron chi connectivity index (χ2n) is 7.56. The molecule has 0 amide bonds. The number of ether oxygens (including phenoxy) is 1. The van der Waals surface area contributed by atoms with Crippen molar-refractivity contribution in [2.75, 3.05) is 12.4 Å². The fourth-order valence-corrected chi connectivity index (χ4v) is 4.65. The van der Waals surface area contributed by atoms with E-state index in [0.29, 0.717) is 22.4 Å². The maximum absolute atomic E-state index is 11.5. The molecule has 114 valence electrons. The lowest BCUT2D eigenvalue weighted by atomic mass is 9.68. The first-order valence-electron chi connectivity index (χ1n) is 7.82. The second-order valence-corrected chi connectivity index (χ2v) is 7.56. The minimum absolute atomic E-state index is 0.284. The third-order valence-electron chi connectivity index (χ3n) is 5.89. The van der Waals surface area contributed by atoms with Crippen molar-refractivity contribution in [3.05, 3.63) is 29.8 Å². The number of carbonyl (C=O) groups is 1. The summed E-state index contributed by atoms with van der Waals surface area (Å²) in [7, 11) is 1.41. The van der Waals surface area contributed by atoms with Crippen LogP contribution in [0.3, 0.4) is 0 Å². The first-order chi connectivity index (χ1) is 9.87. The molecule has 2 aliphatic rings. The number of rotatable bonds is 3. The van der Waals surface area contributed by atoms with E-state index < -0.39 is 0 Å². The standard InChI is InChI=1S/C18H25NO2/c1-17(2)13-9-10-18(3,11-13)16(17)19-14-7-5-12(6-8-14)15(20)21-4/h5-8,13,16,19H,9-11H2,1-4H3. The first kappa shape index (κ1) is 14.4. The molecule has 0 heterocycles. The van der Waals surface area contributed by atoms with Gasteiger partial charge in [0.2, 0.25) is 0 Å². The second kappa shape index (κ2) is 4.75. The Morgan fingerprint density at radius 3 is 2.43 bits per heavy atom. The van der Waals surface area contributed by atoms with Crippen LogP contribution < -0.4 is 5.32 Å². The number of esters is 1. The molecule has 3 heteroatoms. The van der Waals surface area contributed by atoms with Gasteiger partial charge < -0.3 is 10.1 Å². The zero-order valence-electron chi connectivity index (χ0n) is 13.4. The Hall–Kier alpha value is -1.51. The molecule has 0 aromatic heterocycles. The Bertz CT molecular complexity index is 544. The Labute approximate surface area is 127 Å². The molecule has 21 heavy (non-hydrogen) atoms. The average Bonchev–Trinajstić information content (AvgIpc) is 2.94. The van der Waals surface area contributed by atoms with Crippen LogP contribution in [0.15, 0.2) is 24.3 Å². The van der Waals surface area contributed by atoms with E-state index in [0.717, 1.165) is 11.6 Å². The van der Waals surface area contributed by atoms with Crippen molar-refractivity contribution in [2.24, 2.45) is 16.7 Å². The molecule has 2 fully saturated rings. The lowest BCUT2D eigenvalue weighted by Crippen LogP contribution is -2.45. The molecule has 2 bridgehead atoms. The summed E-state index contributed by atoms with van der Waals surface area (Å²) in [5, 5.41) is 3.74. The number of fused-ring (bicyclic) bond motifs is 2. The molecule has 3 nitrogen and oxygen atoms in total. The van der Waals surface area contributed by atoms with Crippen LogP contribution in [0.25, 0.3) is 0 Å². The van der Waals surface area contributed by atoms with Crippen molar-refractivity contribution in [2.45, 2.75) is 46.1 Å². The van der Waals surface area contributed by atoms with Crippen LogP contribution in [0.2, 0.25) is 0 Å². The fourth-order valence-electron chi connectivity index (χ4n) is 4.65. The van der Waals surface area contributed by atoms with Gasteiger partial charge in [-0.15, -0.1) is 0 Å².